The summed E-state index contributed by atoms with van der Waals surface area (Å²) in [4.78, 5) is 6.02. The zero-order valence-corrected chi connectivity index (χ0v) is 21.5. The topological polar surface area (TPSA) is 57.3 Å². The summed E-state index contributed by atoms with van der Waals surface area (Å²) in [6.07, 6.45) is -4.52. The molecule has 0 unspecified atom stereocenters. The van der Waals surface area contributed by atoms with Gasteiger partial charge in [-0.2, -0.15) is 23.7 Å². The van der Waals surface area contributed by atoms with Crippen LogP contribution < -0.4 is 9.80 Å². The third-order valence-electron chi connectivity index (χ3n) is 5.03. The molecule has 0 atom stereocenters. The number of alkyl halides is 3. The molecule has 188 valence electrons. The minimum Gasteiger partial charge on any atom is -0.373 e. The van der Waals surface area contributed by atoms with Gasteiger partial charge in [0.1, 0.15) is 6.07 Å². The van der Waals surface area contributed by atoms with Gasteiger partial charge in [0.15, 0.2) is 0 Å². The van der Waals surface area contributed by atoms with Crippen molar-refractivity contribution in [3.8, 4) is 12.1 Å². The van der Waals surface area contributed by atoms with Gasteiger partial charge in [0, 0.05) is 44.6 Å². The van der Waals surface area contributed by atoms with Crippen LogP contribution in [-0.2, 0) is 6.18 Å². The van der Waals surface area contributed by atoms with E-state index in [0.29, 0.717) is 29.4 Å². The molecule has 0 amide bonds. The van der Waals surface area contributed by atoms with Crippen molar-refractivity contribution in [3.05, 3.63) is 70.3 Å². The predicted molar refractivity (Wildman–Crippen MR) is 137 cm³/mol. The van der Waals surface area contributed by atoms with Crippen LogP contribution in [-0.4, -0.2) is 52.2 Å². The van der Waals surface area contributed by atoms with Gasteiger partial charge in [-0.1, -0.05) is 23.8 Å². The Labute approximate surface area is 211 Å². The molecule has 0 aliphatic rings. The zero-order valence-electron chi connectivity index (χ0n) is 20.7. The molecule has 35 heavy (non-hydrogen) atoms. The van der Waals surface area contributed by atoms with E-state index in [1.165, 1.54) is 12.1 Å². The first kappa shape index (κ1) is 29.8. The number of likely N-dealkylation sites (N-methyl/N-ethyl adjacent to an activating group) is 3. The Morgan fingerprint density at radius 2 is 1.54 bits per heavy atom. The van der Waals surface area contributed by atoms with Gasteiger partial charge in [0.2, 0.25) is 0 Å². The SMILES string of the molecule is C=C(C)CN(CC)c1ccc(C#N)c(C(F)(F)F)c1.CN(C)CCN(C)c1ccc(C#N)c(Cl)c1. The summed E-state index contributed by atoms with van der Waals surface area (Å²) in [5, 5.41) is 18.0. The fourth-order valence-electron chi connectivity index (χ4n) is 3.08. The molecule has 0 saturated heterocycles. The second-order valence-corrected chi connectivity index (χ2v) is 8.72. The monoisotopic (exact) mass is 505 g/mol. The van der Waals surface area contributed by atoms with Crippen LogP contribution in [0.25, 0.3) is 0 Å². The van der Waals surface area contributed by atoms with Crippen LogP contribution in [0.2, 0.25) is 5.02 Å². The number of nitrogens with zero attached hydrogens (tertiary/aromatic N) is 5. The maximum Gasteiger partial charge on any atom is 0.417 e. The molecule has 0 bridgehead atoms. The van der Waals surface area contributed by atoms with Crippen molar-refractivity contribution < 1.29 is 13.2 Å². The Bertz CT molecular complexity index is 1080. The normalized spacial score (nSPS) is 10.6. The van der Waals surface area contributed by atoms with Crippen molar-refractivity contribution in [3.63, 3.8) is 0 Å². The van der Waals surface area contributed by atoms with Crippen LogP contribution in [0.1, 0.15) is 30.5 Å². The van der Waals surface area contributed by atoms with Crippen molar-refractivity contribution in [2.24, 2.45) is 0 Å². The molecular weight excluding hydrogens is 475 g/mol. The molecule has 2 rings (SSSR count). The summed E-state index contributed by atoms with van der Waals surface area (Å²) in [6, 6.07) is 12.9. The van der Waals surface area contributed by atoms with Crippen LogP contribution in [0.15, 0.2) is 48.6 Å². The Morgan fingerprint density at radius 3 is 2.00 bits per heavy atom. The number of nitriles is 2. The maximum absolute atomic E-state index is 12.9. The first-order chi connectivity index (χ1) is 16.3. The highest BCUT2D eigenvalue weighted by Gasteiger charge is 2.34. The Morgan fingerprint density at radius 1 is 0.971 bits per heavy atom. The van der Waals surface area contributed by atoms with Crippen molar-refractivity contribution >= 4 is 23.0 Å². The Kier molecular flexibility index (Phi) is 11.6. The minimum atomic E-state index is -4.52. The first-order valence-corrected chi connectivity index (χ1v) is 11.3. The van der Waals surface area contributed by atoms with Gasteiger partial charge in [-0.3, -0.25) is 0 Å². The molecule has 0 fully saturated rings. The van der Waals surface area contributed by atoms with E-state index < -0.39 is 11.7 Å². The second kappa shape index (κ2) is 13.6. The number of hydrogen-bond donors (Lipinski definition) is 0. The average molecular weight is 506 g/mol. The molecule has 0 spiro atoms. The number of halogens is 4. The molecule has 2 aromatic rings. The fourth-order valence-corrected chi connectivity index (χ4v) is 3.30. The summed E-state index contributed by atoms with van der Waals surface area (Å²) in [5.41, 5.74) is 1.60. The van der Waals surface area contributed by atoms with Gasteiger partial charge in [0.05, 0.1) is 27.8 Å². The van der Waals surface area contributed by atoms with Crippen LogP contribution in [0, 0.1) is 22.7 Å². The van der Waals surface area contributed by atoms with E-state index in [2.05, 4.69) is 22.4 Å². The third-order valence-corrected chi connectivity index (χ3v) is 5.35. The van der Waals surface area contributed by atoms with Crippen LogP contribution >= 0.6 is 11.6 Å². The first-order valence-electron chi connectivity index (χ1n) is 10.9. The van der Waals surface area contributed by atoms with E-state index in [1.807, 2.05) is 47.1 Å². The van der Waals surface area contributed by atoms with E-state index in [1.54, 1.807) is 17.0 Å². The number of hydrogen-bond acceptors (Lipinski definition) is 5. The molecule has 0 radical (unpaired) electrons. The quantitative estimate of drug-likeness (QED) is 0.400. The minimum absolute atomic E-state index is 0.359. The lowest BCUT2D eigenvalue weighted by atomic mass is 10.1. The number of benzene rings is 2. The molecule has 5 nitrogen and oxygen atoms in total. The predicted octanol–water partition coefficient (Wildman–Crippen LogP) is 6.19. The molecule has 0 heterocycles. The van der Waals surface area contributed by atoms with Crippen molar-refractivity contribution in [2.45, 2.75) is 20.0 Å². The van der Waals surface area contributed by atoms with E-state index in [9.17, 15) is 13.2 Å². The molecule has 0 aliphatic carbocycles. The second-order valence-electron chi connectivity index (χ2n) is 8.31. The molecule has 2 aromatic carbocycles. The van der Waals surface area contributed by atoms with Crippen molar-refractivity contribution in [2.75, 3.05) is 57.1 Å². The Balaban J connectivity index is 0.000000355. The highest BCUT2D eigenvalue weighted by atomic mass is 35.5. The number of rotatable bonds is 8. The average Bonchev–Trinajstić information content (AvgIpc) is 2.80. The maximum atomic E-state index is 12.9. The lowest BCUT2D eigenvalue weighted by Crippen LogP contribution is -2.28. The van der Waals surface area contributed by atoms with Gasteiger partial charge in [-0.25, -0.2) is 0 Å². The highest BCUT2D eigenvalue weighted by molar-refractivity contribution is 6.32. The van der Waals surface area contributed by atoms with Crippen LogP contribution in [0.3, 0.4) is 0 Å². The number of anilines is 2. The lowest BCUT2D eigenvalue weighted by molar-refractivity contribution is -0.137. The van der Waals surface area contributed by atoms with Crippen LogP contribution in [0.4, 0.5) is 24.5 Å². The fraction of sp³-hybridized carbons (Fsp3) is 0.385. The van der Waals surface area contributed by atoms with Gasteiger partial charge < -0.3 is 14.7 Å². The van der Waals surface area contributed by atoms with Crippen LogP contribution in [0.5, 0.6) is 0 Å². The van der Waals surface area contributed by atoms with E-state index in [-0.39, 0.29) is 5.56 Å². The summed E-state index contributed by atoms with van der Waals surface area (Å²) in [5.74, 6) is 0. The summed E-state index contributed by atoms with van der Waals surface area (Å²) in [7, 11) is 6.10. The smallest absolute Gasteiger partial charge is 0.373 e. The molecule has 0 N–H and O–H groups in total. The van der Waals surface area contributed by atoms with Gasteiger partial charge in [-0.15, -0.1) is 0 Å². The van der Waals surface area contributed by atoms with Gasteiger partial charge in [0.25, 0.3) is 0 Å². The van der Waals surface area contributed by atoms with Crippen molar-refractivity contribution in [1.29, 1.82) is 10.5 Å². The highest BCUT2D eigenvalue weighted by Crippen LogP contribution is 2.34. The zero-order chi connectivity index (χ0) is 26.8. The molecular formula is C26H31ClF3N5. The molecule has 9 heteroatoms. The van der Waals surface area contributed by atoms with E-state index in [4.69, 9.17) is 22.1 Å². The van der Waals surface area contributed by atoms with E-state index in [0.717, 1.165) is 30.4 Å². The van der Waals surface area contributed by atoms with E-state index >= 15 is 0 Å². The summed E-state index contributed by atoms with van der Waals surface area (Å²) < 4.78 is 38.6. The Hall–Kier alpha value is -3.20. The van der Waals surface area contributed by atoms with Gasteiger partial charge in [-0.05, 0) is 64.3 Å². The van der Waals surface area contributed by atoms with Crippen molar-refractivity contribution in [1.82, 2.24) is 4.90 Å². The summed E-state index contributed by atoms with van der Waals surface area (Å²) >= 11 is 5.98. The molecule has 0 aliphatic heterocycles. The molecule has 0 aromatic heterocycles. The standard InChI is InChI=1S/C14H15F3N2.C12H16ClN3/c1-4-19(9-10(2)3)12-6-5-11(8-18)13(7-12)14(15,16)17;1-15(2)6-7-16(3)11-5-4-10(9-14)12(13)8-11/h5-7H,2,4,9H2,1,3H3;4-5,8H,6-7H2,1-3H3. The molecule has 0 saturated carbocycles. The third kappa shape index (κ3) is 9.52. The van der Waals surface area contributed by atoms with Gasteiger partial charge >= 0.3 is 6.18 Å². The lowest BCUT2D eigenvalue weighted by Gasteiger charge is -2.24. The largest absolute Gasteiger partial charge is 0.417 e. The summed E-state index contributed by atoms with van der Waals surface area (Å²) in [6.45, 7) is 10.4.